The Hall–Kier alpha value is -1.27. The van der Waals surface area contributed by atoms with Crippen molar-refractivity contribution in [2.75, 3.05) is 5.73 Å². The molecule has 1 aromatic rings. The van der Waals surface area contributed by atoms with Crippen molar-refractivity contribution in [3.05, 3.63) is 24.3 Å². The fraction of sp³-hybridized carbons (Fsp3) is 0.333. The topological polar surface area (TPSA) is 89.6 Å². The summed E-state index contributed by atoms with van der Waals surface area (Å²) >= 11 is 0. The first kappa shape index (κ1) is 11.8. The van der Waals surface area contributed by atoms with Crippen LogP contribution in [0.2, 0.25) is 0 Å². The van der Waals surface area contributed by atoms with Crippen molar-refractivity contribution in [1.29, 1.82) is 0 Å². The van der Waals surface area contributed by atoms with Crippen LogP contribution in [-0.4, -0.2) is 18.4 Å². The zero-order valence-corrected chi connectivity index (χ0v) is 9.07. The summed E-state index contributed by atoms with van der Waals surface area (Å²) in [5.74, 6) is 0.355. The van der Waals surface area contributed by atoms with Crippen LogP contribution in [0, 0.1) is 0 Å². The minimum absolute atomic E-state index is 0.170. The van der Waals surface area contributed by atoms with Crippen LogP contribution in [0.15, 0.2) is 24.3 Å². The minimum atomic E-state index is -4.18. The van der Waals surface area contributed by atoms with Gasteiger partial charge in [0.1, 0.15) is 5.75 Å². The Morgan fingerprint density at radius 3 is 2.33 bits per heavy atom. The molecule has 0 saturated carbocycles. The average Bonchev–Trinajstić information content (AvgIpc) is 2.15. The van der Waals surface area contributed by atoms with Crippen LogP contribution in [-0.2, 0) is 10.1 Å². The third kappa shape index (κ3) is 3.41. The lowest BCUT2D eigenvalue weighted by molar-refractivity contribution is 0.253. The van der Waals surface area contributed by atoms with Crippen molar-refractivity contribution in [2.24, 2.45) is 0 Å². The molecule has 6 heteroatoms. The van der Waals surface area contributed by atoms with Crippen molar-refractivity contribution in [2.45, 2.75) is 18.8 Å². The largest absolute Gasteiger partial charge is 0.472 e. The maximum Gasteiger partial charge on any atom is 0.303 e. The van der Waals surface area contributed by atoms with E-state index in [0.29, 0.717) is 11.4 Å². The number of hydrogen-bond acceptors (Lipinski definition) is 4. The zero-order valence-electron chi connectivity index (χ0n) is 8.25. The number of rotatable bonds is 4. The van der Waals surface area contributed by atoms with Crippen molar-refractivity contribution in [3.63, 3.8) is 0 Å². The summed E-state index contributed by atoms with van der Waals surface area (Å²) in [6.07, 6.45) is 0.170. The highest BCUT2D eigenvalue weighted by molar-refractivity contribution is 7.86. The van der Waals surface area contributed by atoms with Gasteiger partial charge in [-0.1, -0.05) is 6.92 Å². The number of nitrogens with two attached hydrogens (primary N) is 1. The molecule has 15 heavy (non-hydrogen) atoms. The second-order valence-electron chi connectivity index (χ2n) is 3.04. The third-order valence-electron chi connectivity index (χ3n) is 1.81. The molecular formula is C9H13NO4S. The van der Waals surface area contributed by atoms with Crippen LogP contribution in [0.5, 0.6) is 5.75 Å². The van der Waals surface area contributed by atoms with Crippen LogP contribution in [0.1, 0.15) is 13.3 Å². The van der Waals surface area contributed by atoms with Gasteiger partial charge in [-0.3, -0.25) is 4.55 Å². The molecule has 1 aromatic carbocycles. The lowest BCUT2D eigenvalue weighted by Gasteiger charge is -2.14. The van der Waals surface area contributed by atoms with Crippen LogP contribution < -0.4 is 10.5 Å². The molecule has 0 aliphatic rings. The summed E-state index contributed by atoms with van der Waals surface area (Å²) in [6.45, 7) is 1.61. The van der Waals surface area contributed by atoms with E-state index in [2.05, 4.69) is 0 Å². The Kier molecular flexibility index (Phi) is 3.54. The first-order valence-electron chi connectivity index (χ1n) is 4.42. The van der Waals surface area contributed by atoms with Gasteiger partial charge < -0.3 is 10.5 Å². The SMILES string of the molecule is CCC(Oc1ccc(N)cc1)S(=O)(=O)O. The van der Waals surface area contributed by atoms with Crippen LogP contribution >= 0.6 is 0 Å². The Bertz CT molecular complexity index is 412. The van der Waals surface area contributed by atoms with Gasteiger partial charge in [0.2, 0.25) is 5.44 Å². The molecule has 0 aliphatic heterocycles. The lowest BCUT2D eigenvalue weighted by atomic mass is 10.3. The van der Waals surface area contributed by atoms with E-state index in [4.69, 9.17) is 15.0 Å². The van der Waals surface area contributed by atoms with Gasteiger partial charge in [-0.2, -0.15) is 8.42 Å². The van der Waals surface area contributed by atoms with Crippen molar-refractivity contribution >= 4 is 15.8 Å². The maximum atomic E-state index is 10.8. The molecule has 0 radical (unpaired) electrons. The Morgan fingerprint density at radius 1 is 1.40 bits per heavy atom. The summed E-state index contributed by atoms with van der Waals surface area (Å²) in [5.41, 5.74) is 4.78. The summed E-state index contributed by atoms with van der Waals surface area (Å²) < 4.78 is 35.6. The van der Waals surface area contributed by atoms with Crippen molar-refractivity contribution in [1.82, 2.24) is 0 Å². The van der Waals surface area contributed by atoms with E-state index in [-0.39, 0.29) is 6.42 Å². The first-order valence-corrected chi connectivity index (χ1v) is 5.92. The highest BCUT2D eigenvalue weighted by atomic mass is 32.2. The molecule has 0 heterocycles. The van der Waals surface area contributed by atoms with Gasteiger partial charge in [-0.05, 0) is 30.7 Å². The van der Waals surface area contributed by atoms with Gasteiger partial charge in [0.15, 0.2) is 0 Å². The molecule has 0 saturated heterocycles. The summed E-state index contributed by atoms with van der Waals surface area (Å²) in [4.78, 5) is 0. The highest BCUT2D eigenvalue weighted by Crippen LogP contribution is 2.17. The fourth-order valence-electron chi connectivity index (χ4n) is 1.05. The molecular weight excluding hydrogens is 218 g/mol. The molecule has 84 valence electrons. The van der Waals surface area contributed by atoms with E-state index < -0.39 is 15.6 Å². The molecule has 3 N–H and O–H groups in total. The van der Waals surface area contributed by atoms with Gasteiger partial charge in [0.05, 0.1) is 0 Å². The van der Waals surface area contributed by atoms with Gasteiger partial charge in [0.25, 0.3) is 0 Å². The van der Waals surface area contributed by atoms with Crippen molar-refractivity contribution in [3.8, 4) is 5.75 Å². The average molecular weight is 231 g/mol. The smallest absolute Gasteiger partial charge is 0.303 e. The minimum Gasteiger partial charge on any atom is -0.472 e. The lowest BCUT2D eigenvalue weighted by Crippen LogP contribution is -2.25. The molecule has 0 bridgehead atoms. The van der Waals surface area contributed by atoms with Gasteiger partial charge in [0, 0.05) is 5.69 Å². The Morgan fingerprint density at radius 2 is 1.93 bits per heavy atom. The summed E-state index contributed by atoms with van der Waals surface area (Å²) in [6, 6.07) is 6.27. The van der Waals surface area contributed by atoms with E-state index in [9.17, 15) is 8.42 Å². The normalized spacial score (nSPS) is 13.5. The zero-order chi connectivity index (χ0) is 11.5. The van der Waals surface area contributed by atoms with Gasteiger partial charge in [-0.25, -0.2) is 0 Å². The molecule has 0 fully saturated rings. The Balaban J connectivity index is 2.80. The Labute approximate surface area is 88.6 Å². The number of benzene rings is 1. The van der Waals surface area contributed by atoms with E-state index >= 15 is 0 Å². The standard InChI is InChI=1S/C9H13NO4S/c1-2-9(15(11,12)13)14-8-5-3-7(10)4-6-8/h3-6,9H,2,10H2,1H3,(H,11,12,13). The predicted octanol–water partition coefficient (Wildman–Crippen LogP) is 1.27. The quantitative estimate of drug-likeness (QED) is 0.601. The maximum absolute atomic E-state index is 10.8. The van der Waals surface area contributed by atoms with E-state index in [1.165, 1.54) is 0 Å². The second-order valence-corrected chi connectivity index (χ2v) is 4.60. The van der Waals surface area contributed by atoms with Crippen LogP contribution in [0.25, 0.3) is 0 Å². The molecule has 5 nitrogen and oxygen atoms in total. The van der Waals surface area contributed by atoms with E-state index in [0.717, 1.165) is 0 Å². The van der Waals surface area contributed by atoms with Gasteiger partial charge in [-0.15, -0.1) is 0 Å². The van der Waals surface area contributed by atoms with Gasteiger partial charge >= 0.3 is 10.1 Å². The number of nitrogen functional groups attached to an aromatic ring is 1. The number of hydrogen-bond donors (Lipinski definition) is 2. The molecule has 0 spiro atoms. The molecule has 0 aliphatic carbocycles. The molecule has 0 aromatic heterocycles. The monoisotopic (exact) mass is 231 g/mol. The third-order valence-corrected chi connectivity index (χ3v) is 2.91. The summed E-state index contributed by atoms with van der Waals surface area (Å²) in [7, 11) is -4.18. The molecule has 1 unspecified atom stereocenters. The van der Waals surface area contributed by atoms with E-state index in [1.807, 2.05) is 0 Å². The van der Waals surface area contributed by atoms with Crippen molar-refractivity contribution < 1.29 is 17.7 Å². The second kappa shape index (κ2) is 4.50. The number of anilines is 1. The van der Waals surface area contributed by atoms with Crippen LogP contribution in [0.4, 0.5) is 5.69 Å². The highest BCUT2D eigenvalue weighted by Gasteiger charge is 2.22. The molecule has 0 amide bonds. The van der Waals surface area contributed by atoms with E-state index in [1.54, 1.807) is 31.2 Å². The predicted molar refractivity (Wildman–Crippen MR) is 57.1 cm³/mol. The van der Waals surface area contributed by atoms with Crippen LogP contribution in [0.3, 0.4) is 0 Å². The molecule has 1 atom stereocenters. The fourth-order valence-corrected chi connectivity index (χ4v) is 1.71. The molecule has 1 rings (SSSR count). The number of ether oxygens (including phenoxy) is 1. The summed E-state index contributed by atoms with van der Waals surface area (Å²) in [5, 5.41) is 0. The first-order chi connectivity index (χ1) is 6.93.